The van der Waals surface area contributed by atoms with Crippen LogP contribution in [0, 0.1) is 0 Å². The molecule has 0 saturated heterocycles. The van der Waals surface area contributed by atoms with Gasteiger partial charge in [0.15, 0.2) is 0 Å². The Bertz CT molecular complexity index is 464. The molecule has 0 aliphatic carbocycles. The Morgan fingerprint density at radius 1 is 0.452 bits per heavy atom. The van der Waals surface area contributed by atoms with Crippen LogP contribution in [0.25, 0.3) is 0 Å². The summed E-state index contributed by atoms with van der Waals surface area (Å²) in [5.41, 5.74) is 0. The van der Waals surface area contributed by atoms with E-state index in [1.807, 2.05) is 20.8 Å². The molecule has 183 valence electrons. The standard InChI is InChI=1S/3C8H14O2.Ir/c3*1-3-4-5-8(10)6-7(2)9;/h3*3-6H2,1-2H3;. The Balaban J connectivity index is -0.000000174. The van der Waals surface area contributed by atoms with Crippen LogP contribution in [0.15, 0.2) is 0 Å². The Kier molecular flexibility index (Phi) is 31.9. The number of rotatable bonds is 15. The maximum atomic E-state index is 10.8. The van der Waals surface area contributed by atoms with Crippen LogP contribution in [-0.2, 0) is 48.9 Å². The van der Waals surface area contributed by atoms with Crippen LogP contribution in [0.4, 0.5) is 0 Å². The van der Waals surface area contributed by atoms with E-state index in [0.29, 0.717) is 19.3 Å². The average molecular weight is 619 g/mol. The zero-order valence-electron chi connectivity index (χ0n) is 20.3. The fourth-order valence-electron chi connectivity index (χ4n) is 2.22. The molecule has 0 aliphatic heterocycles. The van der Waals surface area contributed by atoms with E-state index in [2.05, 4.69) is 0 Å². The minimum absolute atomic E-state index is 0. The summed E-state index contributed by atoms with van der Waals surface area (Å²) < 4.78 is 0. The number of carbonyl (C=O) groups is 6. The van der Waals surface area contributed by atoms with Crippen molar-refractivity contribution in [1.29, 1.82) is 0 Å². The molecule has 7 heteroatoms. The van der Waals surface area contributed by atoms with Gasteiger partial charge >= 0.3 is 0 Å². The predicted octanol–water partition coefficient (Wildman–Crippen LogP) is 5.17. The van der Waals surface area contributed by atoms with Gasteiger partial charge in [0.05, 0.1) is 19.3 Å². The normalized spacial score (nSPS) is 9.10. The molecule has 0 amide bonds. The number of unbranched alkanes of at least 4 members (excludes halogenated alkanes) is 3. The van der Waals surface area contributed by atoms with Crippen LogP contribution in [0.2, 0.25) is 0 Å². The molecule has 0 saturated carbocycles. The fourth-order valence-corrected chi connectivity index (χ4v) is 2.22. The molecule has 0 heterocycles. The molecule has 0 atom stereocenters. The smallest absolute Gasteiger partial charge is 0.140 e. The molecule has 31 heavy (non-hydrogen) atoms. The maximum absolute atomic E-state index is 10.8. The summed E-state index contributed by atoms with van der Waals surface area (Å²) in [7, 11) is 0. The average Bonchev–Trinajstić information content (AvgIpc) is 2.62. The molecule has 1 radical (unpaired) electrons. The molecule has 0 spiro atoms. The van der Waals surface area contributed by atoms with Crippen molar-refractivity contribution in [3.63, 3.8) is 0 Å². The Hall–Kier alpha value is -1.33. The molecule has 0 aliphatic rings. The van der Waals surface area contributed by atoms with Crippen molar-refractivity contribution in [1.82, 2.24) is 0 Å². The molecular formula is C24H42IrO6. The number of Topliss-reactive ketones (excluding diaryl/α,β-unsaturated/α-hetero) is 6. The summed E-state index contributed by atoms with van der Waals surface area (Å²) in [5, 5.41) is 0. The number of hydrogen-bond acceptors (Lipinski definition) is 6. The van der Waals surface area contributed by atoms with E-state index in [1.54, 1.807) is 0 Å². The summed E-state index contributed by atoms with van der Waals surface area (Å²) in [6.07, 6.45) is 7.85. The first kappa shape index (κ1) is 37.0. The molecule has 0 aromatic carbocycles. The van der Waals surface area contributed by atoms with Gasteiger partial charge in [0.1, 0.15) is 34.7 Å². The van der Waals surface area contributed by atoms with Gasteiger partial charge in [-0.2, -0.15) is 0 Å². The van der Waals surface area contributed by atoms with Gasteiger partial charge in [0.25, 0.3) is 0 Å². The number of ketones is 6. The first-order valence-electron chi connectivity index (χ1n) is 11.0. The van der Waals surface area contributed by atoms with Crippen LogP contribution in [0.1, 0.15) is 119 Å². The van der Waals surface area contributed by atoms with Gasteiger partial charge in [-0.3, -0.25) is 28.8 Å². The van der Waals surface area contributed by atoms with E-state index < -0.39 is 0 Å². The zero-order chi connectivity index (χ0) is 23.9. The van der Waals surface area contributed by atoms with E-state index in [9.17, 15) is 28.8 Å². The fraction of sp³-hybridized carbons (Fsp3) is 0.750. The van der Waals surface area contributed by atoms with E-state index >= 15 is 0 Å². The van der Waals surface area contributed by atoms with Crippen LogP contribution in [-0.4, -0.2) is 34.7 Å². The second kappa shape index (κ2) is 26.7. The van der Waals surface area contributed by atoms with Gasteiger partial charge in [0.2, 0.25) is 0 Å². The third kappa shape index (κ3) is 39.7. The van der Waals surface area contributed by atoms with Gasteiger partial charge in [-0.15, -0.1) is 0 Å². The Labute approximate surface area is 202 Å². The summed E-state index contributed by atoms with van der Waals surface area (Å²) in [6, 6.07) is 0. The van der Waals surface area contributed by atoms with Crippen molar-refractivity contribution < 1.29 is 48.9 Å². The van der Waals surface area contributed by atoms with Gasteiger partial charge in [-0.1, -0.05) is 40.0 Å². The van der Waals surface area contributed by atoms with Crippen molar-refractivity contribution in [3.8, 4) is 0 Å². The third-order valence-electron chi connectivity index (χ3n) is 3.77. The largest absolute Gasteiger partial charge is 0.300 e. The minimum atomic E-state index is -0.0268. The van der Waals surface area contributed by atoms with Gasteiger partial charge in [0, 0.05) is 39.4 Å². The third-order valence-corrected chi connectivity index (χ3v) is 3.77. The van der Waals surface area contributed by atoms with Crippen molar-refractivity contribution in [2.75, 3.05) is 0 Å². The van der Waals surface area contributed by atoms with Crippen LogP contribution >= 0.6 is 0 Å². The summed E-state index contributed by atoms with van der Waals surface area (Å²) in [4.78, 5) is 63.6. The van der Waals surface area contributed by atoms with Gasteiger partial charge < -0.3 is 0 Å². The van der Waals surface area contributed by atoms with Gasteiger partial charge in [-0.05, 0) is 40.0 Å². The van der Waals surface area contributed by atoms with E-state index in [0.717, 1.165) is 38.5 Å². The van der Waals surface area contributed by atoms with E-state index in [1.165, 1.54) is 20.8 Å². The Morgan fingerprint density at radius 3 is 0.774 bits per heavy atom. The van der Waals surface area contributed by atoms with Crippen LogP contribution in [0.5, 0.6) is 0 Å². The molecular weight excluding hydrogens is 576 g/mol. The molecule has 0 rings (SSSR count). The molecule has 0 bridgehead atoms. The monoisotopic (exact) mass is 619 g/mol. The molecule has 6 nitrogen and oxygen atoms in total. The first-order chi connectivity index (χ1) is 14.0. The van der Waals surface area contributed by atoms with E-state index in [-0.39, 0.29) is 74.1 Å². The zero-order valence-corrected chi connectivity index (χ0v) is 22.7. The minimum Gasteiger partial charge on any atom is -0.300 e. The molecule has 0 aromatic rings. The number of carbonyl (C=O) groups excluding carboxylic acids is 6. The van der Waals surface area contributed by atoms with Crippen molar-refractivity contribution >= 4 is 34.7 Å². The summed E-state index contributed by atoms with van der Waals surface area (Å²) in [6.45, 7) is 10.4. The van der Waals surface area contributed by atoms with Crippen LogP contribution in [0.3, 0.4) is 0 Å². The molecule has 0 fully saturated rings. The molecule has 0 N–H and O–H groups in total. The molecule has 0 aromatic heterocycles. The first-order valence-corrected chi connectivity index (χ1v) is 11.0. The SMILES string of the molecule is CCCCC(=O)CC(C)=O.CCCCC(=O)CC(C)=O.CCCCC(=O)CC(C)=O.[Ir]. The van der Waals surface area contributed by atoms with Crippen molar-refractivity contribution in [2.45, 2.75) is 119 Å². The Morgan fingerprint density at radius 2 is 0.645 bits per heavy atom. The second-order valence-electron chi connectivity index (χ2n) is 7.56. The maximum Gasteiger partial charge on any atom is 0.140 e. The topological polar surface area (TPSA) is 102 Å². The van der Waals surface area contributed by atoms with E-state index in [4.69, 9.17) is 0 Å². The van der Waals surface area contributed by atoms with Crippen molar-refractivity contribution in [3.05, 3.63) is 0 Å². The summed E-state index contributed by atoms with van der Waals surface area (Å²) >= 11 is 0. The van der Waals surface area contributed by atoms with Crippen molar-refractivity contribution in [2.24, 2.45) is 0 Å². The second-order valence-corrected chi connectivity index (χ2v) is 7.56. The van der Waals surface area contributed by atoms with Gasteiger partial charge in [-0.25, -0.2) is 0 Å². The molecule has 0 unspecified atom stereocenters. The number of hydrogen-bond donors (Lipinski definition) is 0. The predicted molar refractivity (Wildman–Crippen MR) is 119 cm³/mol. The van der Waals surface area contributed by atoms with Crippen LogP contribution < -0.4 is 0 Å². The summed E-state index contributed by atoms with van der Waals surface area (Å²) in [5.74, 6) is 0.154. The quantitative estimate of drug-likeness (QED) is 0.235.